The fourth-order valence-corrected chi connectivity index (χ4v) is 3.51. The molecule has 0 radical (unpaired) electrons. The molecule has 1 heterocycles. The smallest absolute Gasteiger partial charge is 0.242 e. The van der Waals surface area contributed by atoms with E-state index >= 15 is 0 Å². The number of hydrogen-bond acceptors (Lipinski definition) is 4. The lowest BCUT2D eigenvalue weighted by Gasteiger charge is -2.37. The second-order valence-electron chi connectivity index (χ2n) is 4.74. The van der Waals surface area contributed by atoms with Crippen LogP contribution in [0, 0.1) is 0 Å². The van der Waals surface area contributed by atoms with Crippen molar-refractivity contribution in [2.45, 2.75) is 12.1 Å². The number of hydrogen-bond donors (Lipinski definition) is 1. The van der Waals surface area contributed by atoms with Crippen molar-refractivity contribution in [1.82, 2.24) is 4.90 Å². The molecule has 1 saturated heterocycles. The zero-order valence-corrected chi connectivity index (χ0v) is 14.2. The first-order chi connectivity index (χ1) is 9.63. The van der Waals surface area contributed by atoms with Crippen molar-refractivity contribution in [3.63, 3.8) is 0 Å². The molecule has 118 valence electrons. The summed E-state index contributed by atoms with van der Waals surface area (Å²) >= 11 is 7.77. The molecule has 21 heavy (non-hydrogen) atoms. The summed E-state index contributed by atoms with van der Waals surface area (Å²) in [6, 6.07) is 7.11. The van der Waals surface area contributed by atoms with Gasteiger partial charge >= 0.3 is 0 Å². The number of nitrogens with two attached hydrogens (primary N) is 1. The molecule has 1 fully saturated rings. The van der Waals surface area contributed by atoms with Crippen LogP contribution in [0.2, 0.25) is 5.02 Å². The molecule has 0 aliphatic carbocycles. The molecular formula is C14H20Cl2N2O2S. The lowest BCUT2D eigenvalue weighted by Crippen LogP contribution is -2.50. The van der Waals surface area contributed by atoms with E-state index in [1.165, 1.54) is 0 Å². The predicted molar refractivity (Wildman–Crippen MR) is 90.3 cm³/mol. The summed E-state index contributed by atoms with van der Waals surface area (Å²) in [5.41, 5.74) is 6.98. The van der Waals surface area contributed by atoms with Crippen molar-refractivity contribution < 1.29 is 9.53 Å². The first-order valence-electron chi connectivity index (χ1n) is 6.51. The van der Waals surface area contributed by atoms with Gasteiger partial charge in [0.05, 0.1) is 12.6 Å². The minimum Gasteiger partial charge on any atom is -0.383 e. The summed E-state index contributed by atoms with van der Waals surface area (Å²) in [5.74, 6) is 1.77. The van der Waals surface area contributed by atoms with Crippen molar-refractivity contribution >= 4 is 41.7 Å². The number of thioether (sulfide) groups is 1. The highest BCUT2D eigenvalue weighted by Gasteiger charge is 2.31. The Balaban J connectivity index is 0.00000220. The summed E-state index contributed by atoms with van der Waals surface area (Å²) in [7, 11) is 1.55. The van der Waals surface area contributed by atoms with Crippen LogP contribution < -0.4 is 5.73 Å². The van der Waals surface area contributed by atoms with Gasteiger partial charge in [0.15, 0.2) is 0 Å². The highest BCUT2D eigenvalue weighted by atomic mass is 35.5. The second-order valence-corrected chi connectivity index (χ2v) is 6.32. The van der Waals surface area contributed by atoms with Gasteiger partial charge in [-0.05, 0) is 17.7 Å². The lowest BCUT2D eigenvalue weighted by molar-refractivity contribution is -0.135. The van der Waals surface area contributed by atoms with Crippen LogP contribution in [0.4, 0.5) is 0 Å². The van der Waals surface area contributed by atoms with Gasteiger partial charge in [0.1, 0.15) is 6.04 Å². The molecule has 2 rings (SSSR count). The molecule has 7 heteroatoms. The van der Waals surface area contributed by atoms with Gasteiger partial charge in [-0.25, -0.2) is 0 Å². The molecule has 1 aliphatic heterocycles. The predicted octanol–water partition coefficient (Wildman–Crippen LogP) is 2.35. The normalized spacial score (nSPS) is 19.8. The number of rotatable bonds is 4. The lowest BCUT2D eigenvalue weighted by atomic mass is 10.1. The van der Waals surface area contributed by atoms with Gasteiger partial charge in [0.25, 0.3) is 0 Å². The molecule has 0 spiro atoms. The van der Waals surface area contributed by atoms with Crippen LogP contribution in [0.15, 0.2) is 24.3 Å². The maximum absolute atomic E-state index is 12.4. The number of methoxy groups -OCH3 is 1. The summed E-state index contributed by atoms with van der Waals surface area (Å²) in [4.78, 5) is 14.3. The van der Waals surface area contributed by atoms with Gasteiger partial charge < -0.3 is 15.4 Å². The number of benzene rings is 1. The van der Waals surface area contributed by atoms with Crippen molar-refractivity contribution in [2.75, 3.05) is 31.8 Å². The standard InChI is InChI=1S/C14H19ClN2O2S.ClH/c1-19-8-12(16)14(18)17-6-7-20-9-13(17)10-2-4-11(15)5-3-10;/h2-5,12-13H,6-9,16H2,1H3;1H. The number of carbonyl (C=O) groups is 1. The highest BCUT2D eigenvalue weighted by molar-refractivity contribution is 7.99. The first-order valence-corrected chi connectivity index (χ1v) is 8.05. The fraction of sp³-hybridized carbons (Fsp3) is 0.500. The third-order valence-electron chi connectivity index (χ3n) is 3.33. The Morgan fingerprint density at radius 2 is 2.19 bits per heavy atom. The minimum atomic E-state index is -0.599. The molecule has 2 atom stereocenters. The molecule has 0 aromatic heterocycles. The fourth-order valence-electron chi connectivity index (χ4n) is 2.29. The van der Waals surface area contributed by atoms with Crippen LogP contribution in [0.5, 0.6) is 0 Å². The van der Waals surface area contributed by atoms with Crippen molar-refractivity contribution in [3.05, 3.63) is 34.9 Å². The highest BCUT2D eigenvalue weighted by Crippen LogP contribution is 2.30. The number of ether oxygens (including phenoxy) is 1. The van der Waals surface area contributed by atoms with Gasteiger partial charge in [0.2, 0.25) is 5.91 Å². The quantitative estimate of drug-likeness (QED) is 0.905. The van der Waals surface area contributed by atoms with Crippen molar-refractivity contribution in [2.24, 2.45) is 5.73 Å². The Labute approximate surface area is 140 Å². The second kappa shape index (κ2) is 8.86. The maximum atomic E-state index is 12.4. The molecule has 1 aromatic rings. The average molecular weight is 351 g/mol. The summed E-state index contributed by atoms with van der Waals surface area (Å²) in [6.07, 6.45) is 0. The summed E-state index contributed by atoms with van der Waals surface area (Å²) in [6.45, 7) is 0.962. The number of halogens is 2. The number of carbonyl (C=O) groups excluding carboxylic acids is 1. The van der Waals surface area contributed by atoms with E-state index in [2.05, 4.69) is 0 Å². The van der Waals surface area contributed by atoms with Crippen molar-refractivity contribution in [1.29, 1.82) is 0 Å². The van der Waals surface area contributed by atoms with E-state index in [9.17, 15) is 4.79 Å². The zero-order valence-electron chi connectivity index (χ0n) is 11.8. The van der Waals surface area contributed by atoms with Crippen LogP contribution >= 0.6 is 35.8 Å². The zero-order chi connectivity index (χ0) is 14.5. The van der Waals surface area contributed by atoms with Gasteiger partial charge in [-0.1, -0.05) is 23.7 Å². The number of nitrogens with zero attached hydrogens (tertiary/aromatic N) is 1. The molecule has 0 bridgehead atoms. The Kier molecular flexibility index (Phi) is 7.84. The molecular weight excluding hydrogens is 331 g/mol. The van der Waals surface area contributed by atoms with Crippen molar-refractivity contribution in [3.8, 4) is 0 Å². The number of amides is 1. The Hall–Kier alpha value is -0.460. The van der Waals surface area contributed by atoms with E-state index in [-0.39, 0.29) is 31.0 Å². The summed E-state index contributed by atoms with van der Waals surface area (Å²) < 4.78 is 4.98. The molecule has 1 aromatic carbocycles. The Morgan fingerprint density at radius 3 is 2.81 bits per heavy atom. The SMILES string of the molecule is COCC(N)C(=O)N1CCSCC1c1ccc(Cl)cc1.Cl. The van der Waals surface area contributed by atoms with E-state index < -0.39 is 6.04 Å². The van der Waals surface area contributed by atoms with Crippen LogP contribution in [0.25, 0.3) is 0 Å². The van der Waals surface area contributed by atoms with Crippen LogP contribution in [-0.2, 0) is 9.53 Å². The van der Waals surface area contributed by atoms with E-state index in [1.807, 2.05) is 40.9 Å². The monoisotopic (exact) mass is 350 g/mol. The topological polar surface area (TPSA) is 55.6 Å². The van der Waals surface area contributed by atoms with E-state index in [0.717, 1.165) is 17.1 Å². The minimum absolute atomic E-state index is 0. The molecule has 2 unspecified atom stereocenters. The molecule has 1 aliphatic rings. The Morgan fingerprint density at radius 1 is 1.52 bits per heavy atom. The van der Waals surface area contributed by atoms with Gasteiger partial charge in [-0.2, -0.15) is 11.8 Å². The largest absolute Gasteiger partial charge is 0.383 e. The maximum Gasteiger partial charge on any atom is 0.242 e. The first kappa shape index (κ1) is 18.6. The van der Waals surface area contributed by atoms with Gasteiger partial charge in [-0.15, -0.1) is 12.4 Å². The van der Waals surface area contributed by atoms with Crippen LogP contribution in [0.1, 0.15) is 11.6 Å². The van der Waals surface area contributed by atoms with E-state index in [1.54, 1.807) is 7.11 Å². The molecule has 1 amide bonds. The molecule has 0 saturated carbocycles. The molecule has 4 nitrogen and oxygen atoms in total. The molecule has 2 N–H and O–H groups in total. The van der Waals surface area contributed by atoms with E-state index in [0.29, 0.717) is 11.6 Å². The average Bonchev–Trinajstić information content (AvgIpc) is 2.47. The summed E-state index contributed by atoms with van der Waals surface area (Å²) in [5, 5.41) is 0.700. The Bertz CT molecular complexity index is 459. The third-order valence-corrected chi connectivity index (χ3v) is 4.60. The van der Waals surface area contributed by atoms with Crippen LogP contribution in [0.3, 0.4) is 0 Å². The van der Waals surface area contributed by atoms with E-state index in [4.69, 9.17) is 22.1 Å². The van der Waals surface area contributed by atoms with Gasteiger partial charge in [-0.3, -0.25) is 4.79 Å². The third kappa shape index (κ3) is 4.76. The van der Waals surface area contributed by atoms with Gasteiger partial charge in [0, 0.05) is 30.2 Å². The van der Waals surface area contributed by atoms with Crippen LogP contribution in [-0.4, -0.2) is 48.6 Å².